The third-order valence-electron chi connectivity index (χ3n) is 3.09. The van der Waals surface area contributed by atoms with Crippen molar-refractivity contribution in [2.24, 2.45) is 0 Å². The number of carbonyl (C=O) groups is 1. The van der Waals surface area contributed by atoms with E-state index in [1.807, 2.05) is 0 Å². The van der Waals surface area contributed by atoms with Crippen molar-refractivity contribution in [3.63, 3.8) is 0 Å². The first kappa shape index (κ1) is 9.89. The fourth-order valence-electron chi connectivity index (χ4n) is 1.82. The molecule has 0 bridgehead atoms. The molecule has 1 aliphatic carbocycles. The summed E-state index contributed by atoms with van der Waals surface area (Å²) in [6.07, 6.45) is 2.07. The molecule has 94 valence electrons. The lowest BCUT2D eigenvalue weighted by atomic mass is 9.78. The van der Waals surface area contributed by atoms with Gasteiger partial charge in [0.15, 0.2) is 0 Å². The van der Waals surface area contributed by atoms with E-state index >= 15 is 0 Å². The largest absolute Gasteiger partial charge is 0.367 e. The second kappa shape index (κ2) is 4.65. The van der Waals surface area contributed by atoms with Crippen LogP contribution in [0.1, 0.15) is 32.4 Å². The average Bonchev–Trinajstić information content (AvgIpc) is 2.40. The van der Waals surface area contributed by atoms with Gasteiger partial charge in [0, 0.05) is 12.7 Å². The van der Waals surface area contributed by atoms with Crippen molar-refractivity contribution in [2.75, 3.05) is 12.4 Å². The summed E-state index contributed by atoms with van der Waals surface area (Å²) in [5.41, 5.74) is -1.21. The van der Waals surface area contributed by atoms with Crippen LogP contribution in [0.15, 0.2) is 18.2 Å². The zero-order valence-corrected chi connectivity index (χ0v) is 9.93. The van der Waals surface area contributed by atoms with Crippen molar-refractivity contribution in [3.05, 3.63) is 29.5 Å². The van der Waals surface area contributed by atoms with Gasteiger partial charge in [0.2, 0.25) is 0 Å². The lowest BCUT2D eigenvalue weighted by molar-refractivity contribution is 0.0959. The Morgan fingerprint density at radius 3 is 2.89 bits per heavy atom. The maximum atomic E-state index is 14.0. The first-order valence-electron chi connectivity index (χ1n) is 6.65. The van der Waals surface area contributed by atoms with Crippen molar-refractivity contribution >= 4 is 11.6 Å². The van der Waals surface area contributed by atoms with Crippen molar-refractivity contribution < 1.29 is 11.9 Å². The highest BCUT2D eigenvalue weighted by Gasteiger charge is 2.37. The number of rotatable bonds is 3. The highest BCUT2D eigenvalue weighted by atomic mass is 19.1. The van der Waals surface area contributed by atoms with Crippen LogP contribution >= 0.6 is 0 Å². The lowest BCUT2D eigenvalue weighted by Gasteiger charge is -2.36. The van der Waals surface area contributed by atoms with Crippen molar-refractivity contribution in [1.82, 2.24) is 5.32 Å². The molecule has 1 aromatic rings. The van der Waals surface area contributed by atoms with Gasteiger partial charge in [0.05, 0.1) is 14.4 Å². The minimum absolute atomic E-state index is 0.0450. The number of nitrogens with one attached hydrogen (secondary N) is 2. The van der Waals surface area contributed by atoms with E-state index in [-0.39, 0.29) is 17.3 Å². The molecule has 1 aromatic carbocycles. The SMILES string of the molecule is [2H]c1cc(C(=O)NC)c(F)c([2H])c1NC1(C#N)CCC1. The minimum atomic E-state index is -0.990. The van der Waals surface area contributed by atoms with Gasteiger partial charge in [-0.25, -0.2) is 4.39 Å². The monoisotopic (exact) mass is 249 g/mol. The Morgan fingerprint density at radius 1 is 1.67 bits per heavy atom. The van der Waals surface area contributed by atoms with Crippen LogP contribution in [0.5, 0.6) is 0 Å². The van der Waals surface area contributed by atoms with Crippen LogP contribution in [0.25, 0.3) is 0 Å². The number of carbonyl (C=O) groups excluding carboxylic acids is 1. The van der Waals surface area contributed by atoms with Gasteiger partial charge < -0.3 is 10.6 Å². The quantitative estimate of drug-likeness (QED) is 0.861. The first-order valence-corrected chi connectivity index (χ1v) is 5.65. The van der Waals surface area contributed by atoms with E-state index in [1.165, 1.54) is 7.05 Å². The van der Waals surface area contributed by atoms with Crippen LogP contribution in [0, 0.1) is 17.1 Å². The van der Waals surface area contributed by atoms with Crippen LogP contribution in [-0.4, -0.2) is 18.5 Å². The normalized spacial score (nSPS) is 17.8. The summed E-state index contributed by atoms with van der Waals surface area (Å²) < 4.78 is 29.6. The fourth-order valence-corrected chi connectivity index (χ4v) is 1.82. The molecule has 1 amide bonds. The van der Waals surface area contributed by atoms with Gasteiger partial charge in [-0.2, -0.15) is 5.26 Å². The molecule has 18 heavy (non-hydrogen) atoms. The van der Waals surface area contributed by atoms with Crippen LogP contribution in [0.3, 0.4) is 0 Å². The van der Waals surface area contributed by atoms with E-state index in [4.69, 9.17) is 8.00 Å². The molecule has 0 atom stereocenters. The Morgan fingerprint density at radius 2 is 2.39 bits per heavy atom. The number of benzene rings is 1. The molecule has 0 unspecified atom stereocenters. The molecule has 0 radical (unpaired) electrons. The Kier molecular flexibility index (Phi) is 2.55. The van der Waals surface area contributed by atoms with Crippen LogP contribution in [0.2, 0.25) is 0 Å². The summed E-state index contributed by atoms with van der Waals surface area (Å²) >= 11 is 0. The third kappa shape index (κ3) is 2.14. The third-order valence-corrected chi connectivity index (χ3v) is 3.09. The molecule has 1 fully saturated rings. The van der Waals surface area contributed by atoms with Crippen molar-refractivity contribution in [3.8, 4) is 6.07 Å². The van der Waals surface area contributed by atoms with E-state index in [9.17, 15) is 9.18 Å². The molecule has 0 aliphatic heterocycles. The highest BCUT2D eigenvalue weighted by molar-refractivity contribution is 5.94. The molecule has 5 heteroatoms. The van der Waals surface area contributed by atoms with E-state index in [0.717, 1.165) is 12.5 Å². The smallest absolute Gasteiger partial charge is 0.253 e. The molecule has 0 aromatic heterocycles. The predicted octanol–water partition coefficient (Wildman–Crippen LogP) is 2.04. The Bertz CT molecular complexity index is 609. The highest BCUT2D eigenvalue weighted by Crippen LogP contribution is 2.34. The molecule has 4 nitrogen and oxygen atoms in total. The van der Waals surface area contributed by atoms with E-state index in [2.05, 4.69) is 16.7 Å². The standard InChI is InChI=1S/C13H14FN3O/c1-16-12(18)10-4-3-9(7-11(10)14)17-13(8-15)5-2-6-13/h3-4,7,17H,2,5-6H2,1H3,(H,16,18)/i3D,7D. The first-order chi connectivity index (χ1) is 9.44. The molecule has 0 spiro atoms. The van der Waals surface area contributed by atoms with Crippen molar-refractivity contribution in [2.45, 2.75) is 24.8 Å². The van der Waals surface area contributed by atoms with Gasteiger partial charge in [-0.05, 0) is 37.4 Å². The second-order valence-corrected chi connectivity index (χ2v) is 4.27. The fraction of sp³-hybridized carbons (Fsp3) is 0.385. The summed E-state index contributed by atoms with van der Waals surface area (Å²) in [4.78, 5) is 11.5. The summed E-state index contributed by atoms with van der Waals surface area (Å²) in [5.74, 6) is -1.68. The van der Waals surface area contributed by atoms with Gasteiger partial charge in [0.1, 0.15) is 11.4 Å². The van der Waals surface area contributed by atoms with Crippen LogP contribution in [0.4, 0.5) is 10.1 Å². The lowest BCUT2D eigenvalue weighted by Crippen LogP contribution is -2.43. The topological polar surface area (TPSA) is 64.9 Å². The number of hydrogen-bond donors (Lipinski definition) is 2. The molecule has 1 aliphatic rings. The number of halogens is 1. The van der Waals surface area contributed by atoms with Gasteiger partial charge in [-0.3, -0.25) is 4.79 Å². The number of anilines is 1. The summed E-state index contributed by atoms with van der Waals surface area (Å²) in [7, 11) is 1.35. The Hall–Kier alpha value is -2.09. The summed E-state index contributed by atoms with van der Waals surface area (Å²) in [5, 5.41) is 14.2. The molecule has 0 saturated heterocycles. The molecule has 1 saturated carbocycles. The zero-order valence-electron chi connectivity index (χ0n) is 11.9. The van der Waals surface area contributed by atoms with Crippen LogP contribution < -0.4 is 10.6 Å². The number of hydrogen-bond acceptors (Lipinski definition) is 3. The van der Waals surface area contributed by atoms with Gasteiger partial charge in [-0.15, -0.1) is 0 Å². The molecule has 0 heterocycles. The zero-order chi connectivity index (χ0) is 14.9. The van der Waals surface area contributed by atoms with E-state index in [1.54, 1.807) is 0 Å². The molecule has 2 N–H and O–H groups in total. The molecule has 2 rings (SSSR count). The number of nitriles is 1. The second-order valence-electron chi connectivity index (χ2n) is 4.27. The Balaban J connectivity index is 2.43. The maximum Gasteiger partial charge on any atom is 0.253 e. The average molecular weight is 249 g/mol. The summed E-state index contributed by atoms with van der Waals surface area (Å²) in [6.45, 7) is 0. The van der Waals surface area contributed by atoms with Gasteiger partial charge in [-0.1, -0.05) is 0 Å². The number of nitrogens with zero attached hydrogens (tertiary/aromatic N) is 1. The van der Waals surface area contributed by atoms with Gasteiger partial charge in [0.25, 0.3) is 5.91 Å². The molecular formula is C13H14FN3O. The molecular weight excluding hydrogens is 233 g/mol. The maximum absolute atomic E-state index is 14.0. The summed E-state index contributed by atoms with van der Waals surface area (Å²) in [6, 6.07) is 2.45. The van der Waals surface area contributed by atoms with Crippen LogP contribution in [-0.2, 0) is 0 Å². The Labute approximate surface area is 108 Å². The van der Waals surface area contributed by atoms with Crippen molar-refractivity contribution in [1.29, 1.82) is 5.26 Å². The van der Waals surface area contributed by atoms with Gasteiger partial charge >= 0.3 is 0 Å². The number of amides is 1. The predicted molar refractivity (Wildman–Crippen MR) is 65.6 cm³/mol. The van der Waals surface area contributed by atoms with E-state index < -0.39 is 23.3 Å². The van der Waals surface area contributed by atoms with E-state index in [0.29, 0.717) is 12.8 Å². The minimum Gasteiger partial charge on any atom is -0.367 e.